The van der Waals surface area contributed by atoms with Gasteiger partial charge in [0.2, 0.25) is 0 Å². The Morgan fingerprint density at radius 1 is 1.40 bits per heavy atom. The van der Waals surface area contributed by atoms with Crippen LogP contribution in [0.5, 0.6) is 0 Å². The fourth-order valence-corrected chi connectivity index (χ4v) is 2.23. The summed E-state index contributed by atoms with van der Waals surface area (Å²) in [6.45, 7) is 9.71. The van der Waals surface area contributed by atoms with Gasteiger partial charge in [0.05, 0.1) is 6.61 Å². The molecule has 1 aromatic heterocycles. The standard InChI is InChI=1S/C12H21NOS/c1-9(8-14)13-7-10-5-6-11(15-10)12(2,3)4/h5-6,9,13-14H,7-8H2,1-4H3/t9-/m1/s1. The fraction of sp³-hybridized carbons (Fsp3) is 0.667. The van der Waals surface area contributed by atoms with E-state index in [4.69, 9.17) is 5.11 Å². The number of thiophene rings is 1. The van der Waals surface area contributed by atoms with E-state index in [2.05, 4.69) is 38.2 Å². The van der Waals surface area contributed by atoms with Crippen LogP contribution in [0.1, 0.15) is 37.4 Å². The maximum absolute atomic E-state index is 8.89. The molecule has 86 valence electrons. The van der Waals surface area contributed by atoms with Crippen molar-refractivity contribution in [2.75, 3.05) is 6.61 Å². The van der Waals surface area contributed by atoms with Crippen LogP contribution in [0, 0.1) is 0 Å². The summed E-state index contributed by atoms with van der Waals surface area (Å²) in [6, 6.07) is 4.54. The first kappa shape index (κ1) is 12.7. The minimum atomic E-state index is 0.171. The van der Waals surface area contributed by atoms with Gasteiger partial charge in [-0.15, -0.1) is 11.3 Å². The molecule has 3 heteroatoms. The highest BCUT2D eigenvalue weighted by Crippen LogP contribution is 2.29. The molecule has 0 aromatic carbocycles. The molecular formula is C12H21NOS. The predicted octanol–water partition coefficient (Wildman–Crippen LogP) is 2.52. The smallest absolute Gasteiger partial charge is 0.0582 e. The maximum atomic E-state index is 8.89. The van der Waals surface area contributed by atoms with E-state index in [-0.39, 0.29) is 18.1 Å². The van der Waals surface area contributed by atoms with Gasteiger partial charge in [0.1, 0.15) is 0 Å². The Kier molecular flexibility index (Phi) is 4.32. The van der Waals surface area contributed by atoms with E-state index in [1.807, 2.05) is 18.3 Å². The van der Waals surface area contributed by atoms with Crippen molar-refractivity contribution in [2.45, 2.75) is 45.7 Å². The lowest BCUT2D eigenvalue weighted by Crippen LogP contribution is -2.28. The van der Waals surface area contributed by atoms with E-state index in [1.165, 1.54) is 9.75 Å². The molecule has 15 heavy (non-hydrogen) atoms. The van der Waals surface area contributed by atoms with Crippen LogP contribution in [0.25, 0.3) is 0 Å². The van der Waals surface area contributed by atoms with Crippen molar-refractivity contribution < 1.29 is 5.11 Å². The summed E-state index contributed by atoms with van der Waals surface area (Å²) in [5.41, 5.74) is 0.242. The number of hydrogen-bond donors (Lipinski definition) is 2. The molecule has 0 bridgehead atoms. The Balaban J connectivity index is 2.54. The molecule has 0 saturated carbocycles. The van der Waals surface area contributed by atoms with Gasteiger partial charge in [-0.1, -0.05) is 20.8 Å². The van der Waals surface area contributed by atoms with Gasteiger partial charge < -0.3 is 10.4 Å². The molecule has 2 nitrogen and oxygen atoms in total. The van der Waals surface area contributed by atoms with E-state index in [0.29, 0.717) is 0 Å². The largest absolute Gasteiger partial charge is 0.395 e. The van der Waals surface area contributed by atoms with Crippen molar-refractivity contribution in [3.63, 3.8) is 0 Å². The van der Waals surface area contributed by atoms with Gasteiger partial charge in [-0.25, -0.2) is 0 Å². The summed E-state index contributed by atoms with van der Waals surface area (Å²) in [5, 5.41) is 12.2. The number of hydrogen-bond acceptors (Lipinski definition) is 3. The van der Waals surface area contributed by atoms with Crippen LogP contribution in [-0.2, 0) is 12.0 Å². The molecule has 0 saturated heterocycles. The van der Waals surface area contributed by atoms with Crippen molar-refractivity contribution in [3.8, 4) is 0 Å². The van der Waals surface area contributed by atoms with Gasteiger partial charge in [-0.2, -0.15) is 0 Å². The highest BCUT2D eigenvalue weighted by atomic mass is 32.1. The van der Waals surface area contributed by atoms with Crippen LogP contribution in [0.3, 0.4) is 0 Å². The van der Waals surface area contributed by atoms with E-state index in [1.54, 1.807) is 0 Å². The molecule has 1 rings (SSSR count). The van der Waals surface area contributed by atoms with Crippen LogP contribution in [0.15, 0.2) is 12.1 Å². The van der Waals surface area contributed by atoms with Gasteiger partial charge in [0.25, 0.3) is 0 Å². The summed E-state index contributed by atoms with van der Waals surface area (Å²) < 4.78 is 0. The van der Waals surface area contributed by atoms with Crippen molar-refractivity contribution in [1.29, 1.82) is 0 Å². The minimum absolute atomic E-state index is 0.171. The van der Waals surface area contributed by atoms with E-state index >= 15 is 0 Å². The Bertz CT molecular complexity index is 301. The number of rotatable bonds is 4. The highest BCUT2D eigenvalue weighted by molar-refractivity contribution is 7.12. The first-order chi connectivity index (χ1) is 6.93. The van der Waals surface area contributed by atoms with Gasteiger partial charge in [-0.05, 0) is 24.5 Å². The maximum Gasteiger partial charge on any atom is 0.0582 e. The predicted molar refractivity (Wildman–Crippen MR) is 66.4 cm³/mol. The Hall–Kier alpha value is -0.380. The van der Waals surface area contributed by atoms with Gasteiger partial charge in [0.15, 0.2) is 0 Å². The Labute approximate surface area is 96.3 Å². The molecule has 0 unspecified atom stereocenters. The second kappa shape index (κ2) is 5.10. The third kappa shape index (κ3) is 3.93. The minimum Gasteiger partial charge on any atom is -0.395 e. The number of aliphatic hydroxyl groups is 1. The van der Waals surface area contributed by atoms with Gasteiger partial charge in [0, 0.05) is 22.3 Å². The molecule has 0 aliphatic rings. The van der Waals surface area contributed by atoms with Crippen molar-refractivity contribution in [2.24, 2.45) is 0 Å². The molecule has 2 N–H and O–H groups in total. The molecule has 1 aromatic rings. The molecule has 0 spiro atoms. The second-order valence-corrected chi connectivity index (χ2v) is 6.15. The first-order valence-corrected chi connectivity index (χ1v) is 6.18. The summed E-state index contributed by atoms with van der Waals surface area (Å²) in [5.74, 6) is 0. The summed E-state index contributed by atoms with van der Waals surface area (Å²) in [4.78, 5) is 2.75. The van der Waals surface area contributed by atoms with Crippen LogP contribution in [0.2, 0.25) is 0 Å². The molecule has 1 heterocycles. The molecule has 0 radical (unpaired) electrons. The fourth-order valence-electron chi connectivity index (χ4n) is 1.22. The van der Waals surface area contributed by atoms with Crippen molar-refractivity contribution in [3.05, 3.63) is 21.9 Å². The molecule has 0 fully saturated rings. The molecular weight excluding hydrogens is 206 g/mol. The van der Waals surface area contributed by atoms with Crippen LogP contribution in [0.4, 0.5) is 0 Å². The van der Waals surface area contributed by atoms with Crippen LogP contribution in [-0.4, -0.2) is 17.8 Å². The normalized spacial score (nSPS) is 14.2. The van der Waals surface area contributed by atoms with E-state index in [9.17, 15) is 0 Å². The number of aliphatic hydroxyl groups excluding tert-OH is 1. The highest BCUT2D eigenvalue weighted by Gasteiger charge is 2.15. The average molecular weight is 227 g/mol. The Morgan fingerprint density at radius 3 is 2.53 bits per heavy atom. The third-order valence-electron chi connectivity index (χ3n) is 2.30. The summed E-state index contributed by atoms with van der Waals surface area (Å²) >= 11 is 1.85. The monoisotopic (exact) mass is 227 g/mol. The average Bonchev–Trinajstić information content (AvgIpc) is 2.61. The molecule has 0 amide bonds. The van der Waals surface area contributed by atoms with Crippen LogP contribution < -0.4 is 5.32 Å². The lowest BCUT2D eigenvalue weighted by Gasteiger charge is -2.15. The van der Waals surface area contributed by atoms with E-state index < -0.39 is 0 Å². The zero-order chi connectivity index (χ0) is 11.5. The lowest BCUT2D eigenvalue weighted by atomic mass is 9.95. The Morgan fingerprint density at radius 2 is 2.07 bits per heavy atom. The molecule has 0 aliphatic heterocycles. The zero-order valence-corrected chi connectivity index (χ0v) is 10.8. The van der Waals surface area contributed by atoms with Gasteiger partial charge in [-0.3, -0.25) is 0 Å². The second-order valence-electron chi connectivity index (χ2n) is 4.98. The zero-order valence-electron chi connectivity index (χ0n) is 10.0. The van der Waals surface area contributed by atoms with Crippen molar-refractivity contribution in [1.82, 2.24) is 5.32 Å². The van der Waals surface area contributed by atoms with Gasteiger partial charge >= 0.3 is 0 Å². The first-order valence-electron chi connectivity index (χ1n) is 5.37. The molecule has 0 aliphatic carbocycles. The third-order valence-corrected chi connectivity index (χ3v) is 3.81. The SMILES string of the molecule is C[C@H](CO)NCc1ccc(C(C)(C)C)s1. The molecule has 1 atom stereocenters. The summed E-state index contributed by atoms with van der Waals surface area (Å²) in [6.07, 6.45) is 0. The van der Waals surface area contributed by atoms with Crippen molar-refractivity contribution >= 4 is 11.3 Å². The quantitative estimate of drug-likeness (QED) is 0.828. The number of nitrogens with one attached hydrogen (secondary N) is 1. The summed E-state index contributed by atoms with van der Waals surface area (Å²) in [7, 11) is 0. The lowest BCUT2D eigenvalue weighted by molar-refractivity contribution is 0.251. The van der Waals surface area contributed by atoms with Crippen LogP contribution >= 0.6 is 11.3 Å². The van der Waals surface area contributed by atoms with E-state index in [0.717, 1.165) is 6.54 Å². The topological polar surface area (TPSA) is 32.3 Å².